The van der Waals surface area contributed by atoms with E-state index in [1.165, 1.54) is 0 Å². The van der Waals surface area contributed by atoms with E-state index in [0.29, 0.717) is 32.8 Å². The molecule has 2 aromatic heterocycles. The standard InChI is InChI=1S/C29H46N4O5Si/c1-21(34)13-15-35-16-17-36-20-26-30-24(19-32(26)5)28-23-18-22(38-39(6,7)29(2,3)4)11-12-25(23)33(31-28)27-10-8-9-14-37-27/h11-12,18-19,21,27,34H,8-10,13-17,20H2,1-7H3/t21-,27?/m1/s1. The Bertz CT molecular complexity index is 1220. The van der Waals surface area contributed by atoms with E-state index in [1.54, 1.807) is 6.92 Å². The fourth-order valence-electron chi connectivity index (χ4n) is 4.35. The molecule has 0 radical (unpaired) electrons. The van der Waals surface area contributed by atoms with Gasteiger partial charge in [-0.2, -0.15) is 5.10 Å². The van der Waals surface area contributed by atoms with Crippen molar-refractivity contribution in [2.24, 2.45) is 7.05 Å². The second-order valence-corrected chi connectivity index (χ2v) is 16.8. The topological polar surface area (TPSA) is 92.8 Å². The molecule has 0 bridgehead atoms. The van der Waals surface area contributed by atoms with Crippen LogP contribution in [0.3, 0.4) is 0 Å². The molecule has 4 rings (SSSR count). The molecule has 0 spiro atoms. The molecule has 1 aliphatic rings. The van der Waals surface area contributed by atoms with Crippen molar-refractivity contribution in [2.75, 3.05) is 26.4 Å². The van der Waals surface area contributed by atoms with Crippen LogP contribution in [0.5, 0.6) is 5.75 Å². The highest BCUT2D eigenvalue weighted by Gasteiger charge is 2.39. The third kappa shape index (κ3) is 7.29. The Balaban J connectivity index is 1.58. The van der Waals surface area contributed by atoms with Crippen molar-refractivity contribution in [3.05, 3.63) is 30.2 Å². The summed E-state index contributed by atoms with van der Waals surface area (Å²) in [5.74, 6) is 1.69. The molecule has 1 saturated heterocycles. The first kappa shape index (κ1) is 29.7. The molecule has 3 aromatic rings. The van der Waals surface area contributed by atoms with Gasteiger partial charge < -0.3 is 28.3 Å². The first-order valence-electron chi connectivity index (χ1n) is 14.2. The second-order valence-electron chi connectivity index (χ2n) is 12.1. The highest BCUT2D eigenvalue weighted by atomic mass is 28.4. The van der Waals surface area contributed by atoms with E-state index in [0.717, 1.165) is 59.7 Å². The number of nitrogens with zero attached hydrogens (tertiary/aromatic N) is 4. The average molecular weight is 559 g/mol. The third-order valence-electron chi connectivity index (χ3n) is 7.78. The number of aromatic nitrogens is 4. The lowest BCUT2D eigenvalue weighted by atomic mass is 10.1. The van der Waals surface area contributed by atoms with Crippen molar-refractivity contribution in [1.29, 1.82) is 0 Å². The summed E-state index contributed by atoms with van der Waals surface area (Å²) in [6.45, 7) is 15.6. The summed E-state index contributed by atoms with van der Waals surface area (Å²) in [6, 6.07) is 6.29. The molecule has 1 unspecified atom stereocenters. The molecule has 0 saturated carbocycles. The summed E-state index contributed by atoms with van der Waals surface area (Å²) in [5.41, 5.74) is 2.65. The van der Waals surface area contributed by atoms with Gasteiger partial charge in [0.25, 0.3) is 0 Å². The largest absolute Gasteiger partial charge is 0.543 e. The van der Waals surface area contributed by atoms with E-state index < -0.39 is 8.32 Å². The minimum atomic E-state index is -2.00. The van der Waals surface area contributed by atoms with Crippen molar-refractivity contribution in [1.82, 2.24) is 19.3 Å². The van der Waals surface area contributed by atoms with Gasteiger partial charge in [-0.25, -0.2) is 9.67 Å². The maximum Gasteiger partial charge on any atom is 0.250 e. The minimum absolute atomic E-state index is 0.0810. The number of benzene rings is 1. The van der Waals surface area contributed by atoms with Gasteiger partial charge in [-0.3, -0.25) is 0 Å². The van der Waals surface area contributed by atoms with Crippen LogP contribution in [0.2, 0.25) is 18.1 Å². The Hall–Kier alpha value is -2.24. The number of hydrogen-bond acceptors (Lipinski definition) is 7. The zero-order valence-corrected chi connectivity index (χ0v) is 25.7. The Morgan fingerprint density at radius 2 is 1.92 bits per heavy atom. The normalized spacial score (nSPS) is 17.6. The summed E-state index contributed by atoms with van der Waals surface area (Å²) in [7, 11) is -0.0279. The molecule has 1 aromatic carbocycles. The zero-order valence-electron chi connectivity index (χ0n) is 24.7. The summed E-state index contributed by atoms with van der Waals surface area (Å²) in [4.78, 5) is 4.90. The van der Waals surface area contributed by atoms with Crippen molar-refractivity contribution >= 4 is 19.2 Å². The minimum Gasteiger partial charge on any atom is -0.543 e. The maximum atomic E-state index is 9.33. The van der Waals surface area contributed by atoms with Crippen molar-refractivity contribution in [3.8, 4) is 17.1 Å². The van der Waals surface area contributed by atoms with Crippen LogP contribution in [-0.4, -0.2) is 65.3 Å². The van der Waals surface area contributed by atoms with Crippen LogP contribution < -0.4 is 4.43 Å². The fraction of sp³-hybridized carbons (Fsp3) is 0.655. The van der Waals surface area contributed by atoms with Crippen LogP contribution in [0.1, 0.15) is 65.4 Å². The molecule has 1 aliphatic heterocycles. The molecular formula is C29H46N4O5Si. The van der Waals surface area contributed by atoms with Gasteiger partial charge in [-0.15, -0.1) is 0 Å². The number of fused-ring (bicyclic) bond motifs is 1. The summed E-state index contributed by atoms with van der Waals surface area (Å²) >= 11 is 0. The highest BCUT2D eigenvalue weighted by Crippen LogP contribution is 2.39. The van der Waals surface area contributed by atoms with Crippen LogP contribution in [-0.2, 0) is 27.9 Å². The number of rotatable bonds is 12. The van der Waals surface area contributed by atoms with Crippen LogP contribution >= 0.6 is 0 Å². The quantitative estimate of drug-likeness (QED) is 0.221. The number of aliphatic hydroxyl groups excluding tert-OH is 1. The molecule has 39 heavy (non-hydrogen) atoms. The maximum absolute atomic E-state index is 9.33. The molecule has 1 fully saturated rings. The van der Waals surface area contributed by atoms with E-state index in [-0.39, 0.29) is 17.4 Å². The van der Waals surface area contributed by atoms with Crippen LogP contribution in [0.4, 0.5) is 0 Å². The number of hydrogen-bond donors (Lipinski definition) is 1. The molecule has 1 N–H and O–H groups in total. The third-order valence-corrected chi connectivity index (χ3v) is 12.1. The SMILES string of the molecule is C[C@@H](O)CCOCCOCc1nc(-c2nn(C3CCCCO3)c3ccc(O[Si](C)(C)C(C)(C)C)cc23)cn1C. The lowest BCUT2D eigenvalue weighted by Crippen LogP contribution is -2.43. The van der Waals surface area contributed by atoms with Crippen LogP contribution in [0.15, 0.2) is 24.4 Å². The summed E-state index contributed by atoms with van der Waals surface area (Å²) in [5, 5.41) is 15.5. The van der Waals surface area contributed by atoms with Gasteiger partial charge in [0.15, 0.2) is 6.23 Å². The Morgan fingerprint density at radius 1 is 1.15 bits per heavy atom. The van der Waals surface area contributed by atoms with E-state index >= 15 is 0 Å². The second kappa shape index (κ2) is 12.5. The summed E-state index contributed by atoms with van der Waals surface area (Å²) in [6.07, 6.45) is 5.35. The Morgan fingerprint density at radius 3 is 2.62 bits per heavy atom. The molecule has 10 heteroatoms. The van der Waals surface area contributed by atoms with E-state index in [2.05, 4.69) is 52.1 Å². The predicted molar refractivity (Wildman–Crippen MR) is 155 cm³/mol. The first-order chi connectivity index (χ1) is 18.5. The van der Waals surface area contributed by atoms with Gasteiger partial charge in [0.2, 0.25) is 8.32 Å². The molecular weight excluding hydrogens is 512 g/mol. The number of ether oxygens (including phenoxy) is 3. The molecule has 3 heterocycles. The van der Waals surface area contributed by atoms with Gasteiger partial charge >= 0.3 is 0 Å². The Labute approximate surface area is 233 Å². The average Bonchev–Trinajstić information content (AvgIpc) is 3.43. The molecule has 2 atom stereocenters. The van der Waals surface area contributed by atoms with Crippen LogP contribution in [0.25, 0.3) is 22.3 Å². The van der Waals surface area contributed by atoms with Crippen molar-refractivity contribution in [2.45, 2.75) is 90.4 Å². The molecule has 0 aliphatic carbocycles. The fourth-order valence-corrected chi connectivity index (χ4v) is 5.37. The van der Waals surface area contributed by atoms with Gasteiger partial charge in [0.1, 0.15) is 29.6 Å². The van der Waals surface area contributed by atoms with Gasteiger partial charge in [-0.1, -0.05) is 20.8 Å². The van der Waals surface area contributed by atoms with E-state index in [4.69, 9.17) is 28.7 Å². The predicted octanol–water partition coefficient (Wildman–Crippen LogP) is 5.82. The van der Waals surface area contributed by atoms with Gasteiger partial charge in [0, 0.05) is 31.8 Å². The molecule has 216 valence electrons. The van der Waals surface area contributed by atoms with Gasteiger partial charge in [-0.05, 0) is 68.9 Å². The van der Waals surface area contributed by atoms with Crippen molar-refractivity contribution < 1.29 is 23.7 Å². The Kier molecular flexibility index (Phi) is 9.54. The number of aryl methyl sites for hydroxylation is 1. The smallest absolute Gasteiger partial charge is 0.250 e. The first-order valence-corrected chi connectivity index (χ1v) is 17.1. The number of imidazole rings is 1. The highest BCUT2D eigenvalue weighted by molar-refractivity contribution is 6.74. The van der Waals surface area contributed by atoms with Gasteiger partial charge in [0.05, 0.1) is 24.8 Å². The van der Waals surface area contributed by atoms with E-state index in [1.807, 2.05) is 22.5 Å². The lowest BCUT2D eigenvalue weighted by Gasteiger charge is -2.36. The van der Waals surface area contributed by atoms with Crippen molar-refractivity contribution in [3.63, 3.8) is 0 Å². The summed E-state index contributed by atoms with van der Waals surface area (Å²) < 4.78 is 28.1. The van der Waals surface area contributed by atoms with E-state index in [9.17, 15) is 5.11 Å². The molecule has 9 nitrogen and oxygen atoms in total. The lowest BCUT2D eigenvalue weighted by molar-refractivity contribution is -0.0365. The zero-order chi connectivity index (χ0) is 28.2. The monoisotopic (exact) mass is 558 g/mol. The molecule has 0 amide bonds. The van der Waals surface area contributed by atoms with Crippen LogP contribution in [0, 0.1) is 0 Å². The number of aliphatic hydroxyl groups is 1.